The largest absolute Gasteiger partial charge is 0.391 e. The Hall–Kier alpha value is -2.11. The first-order valence-electron chi connectivity index (χ1n) is 6.17. The number of aliphatic hydroxyl groups excluding tert-OH is 1. The molecule has 0 aromatic carbocycles. The maximum absolute atomic E-state index is 11.8. The number of aliphatic imine (C=N–C) groups is 4. The highest BCUT2D eigenvalue weighted by molar-refractivity contribution is 8.01. The number of hydrogen-bond acceptors (Lipinski definition) is 9. The molecular weight excluding hydrogens is 310 g/mol. The van der Waals surface area contributed by atoms with Crippen LogP contribution in [0.15, 0.2) is 20.0 Å². The minimum atomic E-state index is -1.21. The summed E-state index contributed by atoms with van der Waals surface area (Å²) in [6.07, 6.45) is 1.98. The molecule has 0 aromatic rings. The fraction of sp³-hybridized carbons (Fsp3) is 0.364. The molecule has 2 aliphatic heterocycles. The van der Waals surface area contributed by atoms with Gasteiger partial charge in [0, 0.05) is 0 Å². The van der Waals surface area contributed by atoms with Crippen molar-refractivity contribution in [1.29, 1.82) is 0 Å². The zero-order valence-electron chi connectivity index (χ0n) is 11.8. The molecule has 2 atom stereocenters. The Bertz CT molecular complexity index is 611. The topological polar surface area (TPSA) is 154 Å². The lowest BCUT2D eigenvalue weighted by molar-refractivity contribution is -0.123. The molecule has 0 aromatic heterocycles. The van der Waals surface area contributed by atoms with E-state index in [9.17, 15) is 14.7 Å². The Labute approximate surface area is 130 Å². The number of nitrogens with zero attached hydrogens (tertiary/aromatic N) is 4. The van der Waals surface area contributed by atoms with E-state index in [1.54, 1.807) is 6.26 Å². The summed E-state index contributed by atoms with van der Waals surface area (Å²) in [6, 6.07) is -2.05. The molecular formula is C11H14N7O3S. The number of rotatable bonds is 3. The summed E-state index contributed by atoms with van der Waals surface area (Å²) in [5, 5.41) is 13.6. The Kier molecular flexibility index (Phi) is 5.00. The quantitative estimate of drug-likeness (QED) is 0.504. The van der Waals surface area contributed by atoms with Crippen molar-refractivity contribution in [2.75, 3.05) is 6.26 Å². The van der Waals surface area contributed by atoms with Crippen LogP contribution >= 0.6 is 11.8 Å². The number of nitrogens with one attached hydrogen (secondary N) is 2. The van der Waals surface area contributed by atoms with Crippen LogP contribution < -0.4 is 16.4 Å². The third-order valence-corrected chi connectivity index (χ3v) is 3.23. The Morgan fingerprint density at radius 1 is 1.41 bits per heavy atom. The van der Waals surface area contributed by atoms with Gasteiger partial charge in [-0.1, -0.05) is 0 Å². The summed E-state index contributed by atoms with van der Waals surface area (Å²) in [5.41, 5.74) is 6.13. The van der Waals surface area contributed by atoms with E-state index in [2.05, 4.69) is 25.3 Å². The van der Waals surface area contributed by atoms with E-state index < -0.39 is 24.1 Å². The Morgan fingerprint density at radius 3 is 2.77 bits per heavy atom. The van der Waals surface area contributed by atoms with Gasteiger partial charge in [-0.25, -0.2) is 24.8 Å². The van der Waals surface area contributed by atoms with E-state index in [0.29, 0.717) is 17.0 Å². The second-order valence-electron chi connectivity index (χ2n) is 4.31. The lowest BCUT2D eigenvalue weighted by Crippen LogP contribution is -2.53. The number of nitrogens with two attached hydrogens (primary N) is 1. The summed E-state index contributed by atoms with van der Waals surface area (Å²) in [5.74, 6) is -0.346. The predicted molar refractivity (Wildman–Crippen MR) is 83.9 cm³/mol. The molecule has 0 aliphatic carbocycles. The van der Waals surface area contributed by atoms with Crippen LogP contribution in [0.25, 0.3) is 0 Å². The summed E-state index contributed by atoms with van der Waals surface area (Å²) in [7, 11) is 0. The zero-order chi connectivity index (χ0) is 16.3. The number of imide groups is 1. The van der Waals surface area contributed by atoms with Crippen molar-refractivity contribution in [3.05, 3.63) is 5.50 Å². The second-order valence-corrected chi connectivity index (χ2v) is 5.09. The third kappa shape index (κ3) is 3.55. The van der Waals surface area contributed by atoms with Crippen molar-refractivity contribution >= 4 is 47.4 Å². The molecule has 2 rings (SSSR count). The van der Waals surface area contributed by atoms with Crippen LogP contribution in [-0.2, 0) is 4.79 Å². The number of thioether (sulfide) groups is 1. The van der Waals surface area contributed by atoms with Crippen LogP contribution in [0, 0.1) is 5.50 Å². The Balaban J connectivity index is 2.02. The van der Waals surface area contributed by atoms with Crippen molar-refractivity contribution in [3.8, 4) is 0 Å². The summed E-state index contributed by atoms with van der Waals surface area (Å²) < 4.78 is 0. The van der Waals surface area contributed by atoms with Gasteiger partial charge in [-0.05, 0) is 13.2 Å². The van der Waals surface area contributed by atoms with Crippen molar-refractivity contribution in [2.24, 2.45) is 25.7 Å². The first kappa shape index (κ1) is 16.3. The standard InChI is InChI=1S/C11H14N7O3S/c1-4(19)5(12)9(20)18-10(21)15-8-6-7(14-3-13-6)16-11(17-8)22-2/h3-5,19H,12H2,1-2H3,(H2,15,17,18,20,21). The van der Waals surface area contributed by atoms with Crippen LogP contribution in [0.2, 0.25) is 0 Å². The van der Waals surface area contributed by atoms with E-state index in [0.717, 1.165) is 0 Å². The number of amidine groups is 2. The van der Waals surface area contributed by atoms with Crippen molar-refractivity contribution in [3.63, 3.8) is 0 Å². The Morgan fingerprint density at radius 2 is 2.14 bits per heavy atom. The third-order valence-electron chi connectivity index (χ3n) is 2.69. The molecule has 2 heterocycles. The first-order valence-corrected chi connectivity index (χ1v) is 7.39. The van der Waals surface area contributed by atoms with E-state index in [-0.39, 0.29) is 5.84 Å². The van der Waals surface area contributed by atoms with Crippen LogP contribution in [0.3, 0.4) is 0 Å². The maximum atomic E-state index is 11.8. The van der Waals surface area contributed by atoms with Crippen molar-refractivity contribution in [1.82, 2.24) is 10.6 Å². The van der Waals surface area contributed by atoms with E-state index in [1.807, 2.05) is 5.32 Å². The molecule has 3 amide bonds. The monoisotopic (exact) mass is 324 g/mol. The van der Waals surface area contributed by atoms with Gasteiger partial charge in [0.2, 0.25) is 5.91 Å². The van der Waals surface area contributed by atoms with Gasteiger partial charge in [-0.15, -0.1) is 11.8 Å². The average molecular weight is 324 g/mol. The molecule has 2 unspecified atom stereocenters. The highest BCUT2D eigenvalue weighted by Gasteiger charge is 2.29. The molecule has 117 valence electrons. The smallest absolute Gasteiger partial charge is 0.327 e. The number of hydrogen-bond donors (Lipinski definition) is 4. The number of urea groups is 1. The number of aliphatic hydroxyl groups is 1. The van der Waals surface area contributed by atoms with E-state index >= 15 is 0 Å². The SMILES string of the molecule is CS[C]1N=C2N=CN=C2C(NC(=O)NC(=O)C(N)C(C)O)=N1. The first-order chi connectivity index (χ1) is 10.4. The summed E-state index contributed by atoms with van der Waals surface area (Å²) >= 11 is 1.27. The number of amides is 3. The number of carbonyl (C=O) groups is 2. The summed E-state index contributed by atoms with van der Waals surface area (Å²) in [4.78, 5) is 39.5. The highest BCUT2D eigenvalue weighted by Crippen LogP contribution is 2.23. The second kappa shape index (κ2) is 6.77. The van der Waals surface area contributed by atoms with E-state index in [1.165, 1.54) is 25.0 Å². The van der Waals surface area contributed by atoms with Crippen LogP contribution in [0.1, 0.15) is 6.92 Å². The maximum Gasteiger partial charge on any atom is 0.327 e. The van der Waals surface area contributed by atoms with Gasteiger partial charge in [0.15, 0.2) is 17.4 Å². The molecule has 1 radical (unpaired) electrons. The number of fused-ring (bicyclic) bond motifs is 1. The van der Waals surface area contributed by atoms with Gasteiger partial charge in [0.05, 0.1) is 6.10 Å². The van der Waals surface area contributed by atoms with Gasteiger partial charge < -0.3 is 10.8 Å². The van der Waals surface area contributed by atoms with Gasteiger partial charge in [0.1, 0.15) is 12.4 Å². The molecule has 22 heavy (non-hydrogen) atoms. The normalized spacial score (nSPS) is 19.5. The fourth-order valence-electron chi connectivity index (χ4n) is 1.50. The van der Waals surface area contributed by atoms with E-state index in [4.69, 9.17) is 5.73 Å². The molecule has 5 N–H and O–H groups in total. The van der Waals surface area contributed by atoms with Crippen LogP contribution in [0.4, 0.5) is 4.79 Å². The minimum Gasteiger partial charge on any atom is -0.391 e. The summed E-state index contributed by atoms with van der Waals surface area (Å²) in [6.45, 7) is 1.35. The minimum absolute atomic E-state index is 0.128. The molecule has 0 fully saturated rings. The molecule has 10 nitrogen and oxygen atoms in total. The van der Waals surface area contributed by atoms with Crippen LogP contribution in [-0.4, -0.2) is 59.2 Å². The fourth-order valence-corrected chi connectivity index (χ4v) is 1.87. The predicted octanol–water partition coefficient (Wildman–Crippen LogP) is -1.38. The lowest BCUT2D eigenvalue weighted by atomic mass is 10.2. The van der Waals surface area contributed by atoms with Gasteiger partial charge in [0.25, 0.3) is 5.50 Å². The zero-order valence-corrected chi connectivity index (χ0v) is 12.6. The molecule has 11 heteroatoms. The van der Waals surface area contributed by atoms with Crippen LogP contribution in [0.5, 0.6) is 0 Å². The molecule has 2 aliphatic rings. The average Bonchev–Trinajstić information content (AvgIpc) is 2.94. The van der Waals surface area contributed by atoms with Gasteiger partial charge >= 0.3 is 6.03 Å². The highest BCUT2D eigenvalue weighted by atomic mass is 32.2. The number of carbonyl (C=O) groups excluding carboxylic acids is 2. The van der Waals surface area contributed by atoms with Gasteiger partial charge in [-0.3, -0.25) is 15.4 Å². The molecule has 0 spiro atoms. The van der Waals surface area contributed by atoms with Crippen molar-refractivity contribution < 1.29 is 14.7 Å². The molecule has 0 saturated carbocycles. The van der Waals surface area contributed by atoms with Gasteiger partial charge in [-0.2, -0.15) is 0 Å². The lowest BCUT2D eigenvalue weighted by Gasteiger charge is -2.17. The molecule has 0 saturated heterocycles. The van der Waals surface area contributed by atoms with Crippen molar-refractivity contribution in [2.45, 2.75) is 19.1 Å². The molecule has 0 bridgehead atoms.